The van der Waals surface area contributed by atoms with Crippen LogP contribution < -0.4 is 10.2 Å². The highest BCUT2D eigenvalue weighted by molar-refractivity contribution is 5.46. The molecule has 1 aromatic rings. The molecule has 0 aliphatic heterocycles. The molecule has 0 amide bonds. The van der Waals surface area contributed by atoms with Crippen molar-refractivity contribution < 1.29 is 4.74 Å². The lowest BCUT2D eigenvalue weighted by molar-refractivity contribution is -0.116. The predicted molar refractivity (Wildman–Crippen MR) is 89.9 cm³/mol. The molecule has 0 heterocycles. The number of ether oxygens (including phenoxy) is 1. The summed E-state index contributed by atoms with van der Waals surface area (Å²) >= 11 is 0. The van der Waals surface area contributed by atoms with E-state index >= 15 is 0 Å². The van der Waals surface area contributed by atoms with Crippen molar-refractivity contribution in [2.45, 2.75) is 52.3 Å². The third kappa shape index (κ3) is 3.41. The van der Waals surface area contributed by atoms with Gasteiger partial charge in [0.25, 0.3) is 0 Å². The zero-order valence-electron chi connectivity index (χ0n) is 14.3. The molecule has 1 fully saturated rings. The first-order valence-corrected chi connectivity index (χ1v) is 8.01. The summed E-state index contributed by atoms with van der Waals surface area (Å²) in [5.74, 6) is 0. The highest BCUT2D eigenvalue weighted by Crippen LogP contribution is 2.43. The fourth-order valence-electron chi connectivity index (χ4n) is 3.11. The van der Waals surface area contributed by atoms with Crippen molar-refractivity contribution >= 4 is 5.69 Å². The number of rotatable bonds is 6. The minimum atomic E-state index is 0.216. The van der Waals surface area contributed by atoms with Crippen LogP contribution in [0.25, 0.3) is 0 Å². The van der Waals surface area contributed by atoms with Gasteiger partial charge in [0.2, 0.25) is 0 Å². The molecule has 0 aromatic heterocycles. The van der Waals surface area contributed by atoms with Gasteiger partial charge in [0.15, 0.2) is 0 Å². The maximum atomic E-state index is 5.81. The van der Waals surface area contributed by atoms with Crippen molar-refractivity contribution in [1.29, 1.82) is 0 Å². The number of nitrogens with zero attached hydrogens (tertiary/aromatic N) is 1. The Morgan fingerprint density at radius 1 is 1.29 bits per heavy atom. The van der Waals surface area contributed by atoms with Crippen LogP contribution in [0.1, 0.15) is 45.7 Å². The summed E-state index contributed by atoms with van der Waals surface area (Å²) in [4.78, 5) is 2.13. The standard InChI is InChI=1S/C18H30N2O/c1-7-21-17-12-16(18(17,3)4)19-13(2)14-8-10-15(11-9-14)20(5)6/h8-11,13,16-17,19H,7,12H2,1-6H3. The molecule has 3 nitrogen and oxygen atoms in total. The molecular weight excluding hydrogens is 260 g/mol. The first-order chi connectivity index (χ1) is 9.86. The molecule has 1 aromatic carbocycles. The predicted octanol–water partition coefficient (Wildman–Crippen LogP) is 3.61. The molecule has 1 aliphatic carbocycles. The summed E-state index contributed by atoms with van der Waals surface area (Å²) in [5.41, 5.74) is 2.80. The SMILES string of the molecule is CCOC1CC(NC(C)c2ccc(N(C)C)cc2)C1(C)C. The Morgan fingerprint density at radius 2 is 1.90 bits per heavy atom. The Kier molecular flexibility index (Phi) is 4.95. The topological polar surface area (TPSA) is 24.5 Å². The third-order valence-corrected chi connectivity index (χ3v) is 4.91. The highest BCUT2D eigenvalue weighted by atomic mass is 16.5. The highest BCUT2D eigenvalue weighted by Gasteiger charge is 2.49. The lowest BCUT2D eigenvalue weighted by Gasteiger charge is -2.52. The first kappa shape index (κ1) is 16.3. The van der Waals surface area contributed by atoms with Crippen LogP contribution in [0, 0.1) is 5.41 Å². The quantitative estimate of drug-likeness (QED) is 0.866. The Balaban J connectivity index is 1.94. The molecule has 21 heavy (non-hydrogen) atoms. The second kappa shape index (κ2) is 6.37. The van der Waals surface area contributed by atoms with Gasteiger partial charge in [-0.1, -0.05) is 26.0 Å². The van der Waals surface area contributed by atoms with Gasteiger partial charge in [-0.2, -0.15) is 0 Å². The Bertz CT molecular complexity index is 453. The number of hydrogen-bond acceptors (Lipinski definition) is 3. The second-order valence-corrected chi connectivity index (χ2v) is 6.93. The fourth-order valence-corrected chi connectivity index (χ4v) is 3.11. The van der Waals surface area contributed by atoms with Gasteiger partial charge in [-0.3, -0.25) is 0 Å². The molecule has 3 atom stereocenters. The van der Waals surface area contributed by atoms with E-state index in [1.807, 2.05) is 0 Å². The van der Waals surface area contributed by atoms with Crippen molar-refractivity contribution in [3.05, 3.63) is 29.8 Å². The second-order valence-electron chi connectivity index (χ2n) is 6.93. The molecule has 118 valence electrons. The van der Waals surface area contributed by atoms with Crippen LogP contribution in [-0.4, -0.2) is 32.8 Å². The molecule has 3 unspecified atom stereocenters. The molecule has 1 saturated carbocycles. The van der Waals surface area contributed by atoms with Crippen LogP contribution >= 0.6 is 0 Å². The molecular formula is C18H30N2O. The number of benzene rings is 1. The summed E-state index contributed by atoms with van der Waals surface area (Å²) in [6.07, 6.45) is 1.50. The molecule has 1 aliphatic rings. The molecule has 0 saturated heterocycles. The molecule has 0 bridgehead atoms. The zero-order valence-corrected chi connectivity index (χ0v) is 14.3. The molecule has 1 N–H and O–H groups in total. The van der Waals surface area contributed by atoms with E-state index in [-0.39, 0.29) is 5.41 Å². The van der Waals surface area contributed by atoms with Crippen molar-refractivity contribution in [2.75, 3.05) is 25.6 Å². The molecule has 0 spiro atoms. The number of hydrogen-bond donors (Lipinski definition) is 1. The minimum absolute atomic E-state index is 0.216. The van der Waals surface area contributed by atoms with E-state index in [4.69, 9.17) is 4.74 Å². The van der Waals surface area contributed by atoms with Crippen LogP contribution in [0.3, 0.4) is 0 Å². The summed E-state index contributed by atoms with van der Waals surface area (Å²) in [5, 5.41) is 3.77. The minimum Gasteiger partial charge on any atom is -0.378 e. The maximum absolute atomic E-state index is 5.81. The van der Waals surface area contributed by atoms with E-state index in [0.717, 1.165) is 13.0 Å². The summed E-state index contributed by atoms with van der Waals surface area (Å²) in [6, 6.07) is 9.70. The van der Waals surface area contributed by atoms with E-state index < -0.39 is 0 Å². The monoisotopic (exact) mass is 290 g/mol. The summed E-state index contributed by atoms with van der Waals surface area (Å²) in [6.45, 7) is 9.73. The van der Waals surface area contributed by atoms with Gasteiger partial charge in [0.1, 0.15) is 0 Å². The maximum Gasteiger partial charge on any atom is 0.0655 e. The average molecular weight is 290 g/mol. The number of anilines is 1. The normalized spacial score (nSPS) is 25.2. The Labute approximate surface area is 129 Å². The van der Waals surface area contributed by atoms with Gasteiger partial charge < -0.3 is 15.0 Å². The van der Waals surface area contributed by atoms with Gasteiger partial charge in [0, 0.05) is 43.9 Å². The van der Waals surface area contributed by atoms with Crippen molar-refractivity contribution in [3.8, 4) is 0 Å². The van der Waals surface area contributed by atoms with E-state index in [0.29, 0.717) is 18.2 Å². The van der Waals surface area contributed by atoms with E-state index in [1.165, 1.54) is 11.3 Å². The first-order valence-electron chi connectivity index (χ1n) is 8.01. The zero-order chi connectivity index (χ0) is 15.6. The Morgan fingerprint density at radius 3 is 2.38 bits per heavy atom. The van der Waals surface area contributed by atoms with Crippen LogP contribution in [0.4, 0.5) is 5.69 Å². The van der Waals surface area contributed by atoms with Crippen LogP contribution in [0.2, 0.25) is 0 Å². The molecule has 0 radical (unpaired) electrons. The van der Waals surface area contributed by atoms with Gasteiger partial charge in [-0.25, -0.2) is 0 Å². The summed E-state index contributed by atoms with van der Waals surface area (Å²) in [7, 11) is 4.14. The van der Waals surface area contributed by atoms with Gasteiger partial charge >= 0.3 is 0 Å². The van der Waals surface area contributed by atoms with Gasteiger partial charge in [-0.05, 0) is 38.0 Å². The van der Waals surface area contributed by atoms with E-state index in [9.17, 15) is 0 Å². The van der Waals surface area contributed by atoms with Crippen LogP contribution in [0.15, 0.2) is 24.3 Å². The van der Waals surface area contributed by atoms with E-state index in [2.05, 4.69) is 76.3 Å². The summed E-state index contributed by atoms with van der Waals surface area (Å²) < 4.78 is 5.81. The molecule has 2 rings (SSSR count). The van der Waals surface area contributed by atoms with E-state index in [1.54, 1.807) is 0 Å². The Hall–Kier alpha value is -1.06. The molecule has 3 heteroatoms. The van der Waals surface area contributed by atoms with Crippen LogP contribution in [0.5, 0.6) is 0 Å². The lowest BCUT2D eigenvalue weighted by atomic mass is 9.64. The third-order valence-electron chi connectivity index (χ3n) is 4.91. The lowest BCUT2D eigenvalue weighted by Crippen LogP contribution is -2.61. The van der Waals surface area contributed by atoms with Crippen molar-refractivity contribution in [3.63, 3.8) is 0 Å². The fraction of sp³-hybridized carbons (Fsp3) is 0.667. The smallest absolute Gasteiger partial charge is 0.0655 e. The average Bonchev–Trinajstić information content (AvgIpc) is 2.46. The largest absolute Gasteiger partial charge is 0.378 e. The van der Waals surface area contributed by atoms with Crippen molar-refractivity contribution in [2.24, 2.45) is 5.41 Å². The van der Waals surface area contributed by atoms with Crippen LogP contribution in [-0.2, 0) is 4.74 Å². The number of nitrogens with one attached hydrogen (secondary N) is 1. The van der Waals surface area contributed by atoms with Gasteiger partial charge in [-0.15, -0.1) is 0 Å². The van der Waals surface area contributed by atoms with Gasteiger partial charge in [0.05, 0.1) is 6.10 Å². The van der Waals surface area contributed by atoms with Crippen molar-refractivity contribution in [1.82, 2.24) is 5.32 Å².